The van der Waals surface area contributed by atoms with Crippen LogP contribution >= 0.6 is 0 Å². The quantitative estimate of drug-likeness (QED) is 0.420. The van der Waals surface area contributed by atoms with Crippen LogP contribution in [0.5, 0.6) is 0 Å². The maximum Gasteiger partial charge on any atom is 0.328 e. The zero-order valence-corrected chi connectivity index (χ0v) is 18.8. The van der Waals surface area contributed by atoms with Gasteiger partial charge < -0.3 is 25.3 Å². The van der Waals surface area contributed by atoms with Crippen molar-refractivity contribution < 1.29 is 33.0 Å². The highest BCUT2D eigenvalue weighted by Crippen LogP contribution is 2.10. The number of aliphatic carboxylic acids is 2. The van der Waals surface area contributed by atoms with Gasteiger partial charge >= 0.3 is 18.0 Å². The molecule has 1 aromatic rings. The third kappa shape index (κ3) is 13.1. The second kappa shape index (κ2) is 15.0. The number of nitrogens with zero attached hydrogens (tertiary/aromatic N) is 2. The van der Waals surface area contributed by atoms with Crippen molar-refractivity contribution in [1.82, 2.24) is 15.1 Å². The molecule has 0 atom stereocenters. The van der Waals surface area contributed by atoms with E-state index >= 15 is 0 Å². The Morgan fingerprint density at radius 1 is 0.968 bits per heavy atom. The van der Waals surface area contributed by atoms with Crippen LogP contribution in [0.1, 0.15) is 13.8 Å². The van der Waals surface area contributed by atoms with Crippen molar-refractivity contribution in [3.63, 3.8) is 0 Å². The number of urea groups is 1. The van der Waals surface area contributed by atoms with E-state index < -0.39 is 21.8 Å². The van der Waals surface area contributed by atoms with Crippen LogP contribution in [0.3, 0.4) is 0 Å². The molecule has 2 amide bonds. The van der Waals surface area contributed by atoms with E-state index in [2.05, 4.69) is 24.1 Å². The number of carboxylic acids is 2. The average molecular weight is 458 g/mol. The summed E-state index contributed by atoms with van der Waals surface area (Å²) in [5, 5.41) is 18.4. The van der Waals surface area contributed by atoms with E-state index in [1.165, 1.54) is 4.90 Å². The SMILES string of the molecule is CCN(CC)CCNC(=O)N(C)CCS(=O)(=O)c1ccccc1.O=C(O)C=CC(=O)O. The van der Waals surface area contributed by atoms with Crippen molar-refractivity contribution in [2.24, 2.45) is 0 Å². The third-order valence-corrected chi connectivity index (χ3v) is 5.82. The highest BCUT2D eigenvalue weighted by Gasteiger charge is 2.17. The van der Waals surface area contributed by atoms with Gasteiger partial charge in [0.25, 0.3) is 0 Å². The van der Waals surface area contributed by atoms with E-state index in [1.807, 2.05) is 0 Å². The first-order chi connectivity index (χ1) is 14.5. The van der Waals surface area contributed by atoms with Crippen LogP contribution in [0.25, 0.3) is 0 Å². The van der Waals surface area contributed by atoms with Crippen molar-refractivity contribution >= 4 is 27.8 Å². The number of carbonyl (C=O) groups is 3. The molecule has 0 spiro atoms. The Bertz CT molecular complexity index is 806. The van der Waals surface area contributed by atoms with Gasteiger partial charge in [0, 0.05) is 38.8 Å². The maximum atomic E-state index is 12.2. The summed E-state index contributed by atoms with van der Waals surface area (Å²) in [6.07, 6.45) is 1.12. The average Bonchev–Trinajstić information content (AvgIpc) is 2.74. The minimum Gasteiger partial charge on any atom is -0.478 e. The maximum absolute atomic E-state index is 12.2. The number of benzene rings is 1. The van der Waals surface area contributed by atoms with Crippen LogP contribution in [0.4, 0.5) is 4.79 Å². The highest BCUT2D eigenvalue weighted by molar-refractivity contribution is 7.91. The van der Waals surface area contributed by atoms with Gasteiger partial charge in [0.2, 0.25) is 0 Å². The van der Waals surface area contributed by atoms with Crippen molar-refractivity contribution in [2.75, 3.05) is 45.5 Å². The zero-order valence-electron chi connectivity index (χ0n) is 18.0. The summed E-state index contributed by atoms with van der Waals surface area (Å²) in [6, 6.07) is 8.04. The van der Waals surface area contributed by atoms with Crippen LogP contribution in [0, 0.1) is 0 Å². The number of carbonyl (C=O) groups excluding carboxylic acids is 1. The summed E-state index contributed by atoms with van der Waals surface area (Å²) in [6.45, 7) is 7.53. The molecule has 3 N–H and O–H groups in total. The summed E-state index contributed by atoms with van der Waals surface area (Å²) >= 11 is 0. The summed E-state index contributed by atoms with van der Waals surface area (Å²) in [4.78, 5) is 35.0. The summed E-state index contributed by atoms with van der Waals surface area (Å²) < 4.78 is 24.4. The van der Waals surface area contributed by atoms with E-state index in [1.54, 1.807) is 37.4 Å². The second-order valence-electron chi connectivity index (χ2n) is 6.32. The van der Waals surface area contributed by atoms with Crippen LogP contribution in [-0.4, -0.2) is 91.9 Å². The van der Waals surface area contributed by atoms with Gasteiger partial charge in [-0.15, -0.1) is 0 Å². The fourth-order valence-electron chi connectivity index (χ4n) is 2.24. The molecule has 0 aliphatic rings. The fourth-order valence-corrected chi connectivity index (χ4v) is 3.56. The van der Waals surface area contributed by atoms with E-state index in [0.717, 1.165) is 19.6 Å². The first-order valence-electron chi connectivity index (χ1n) is 9.66. The highest BCUT2D eigenvalue weighted by atomic mass is 32.2. The van der Waals surface area contributed by atoms with Crippen LogP contribution in [0.2, 0.25) is 0 Å². The molecule has 174 valence electrons. The van der Waals surface area contributed by atoms with Crippen molar-refractivity contribution in [2.45, 2.75) is 18.7 Å². The summed E-state index contributed by atoms with van der Waals surface area (Å²) in [7, 11) is -1.76. The molecule has 31 heavy (non-hydrogen) atoms. The Labute approximate surface area is 183 Å². The number of rotatable bonds is 11. The van der Waals surface area contributed by atoms with Gasteiger partial charge in [-0.25, -0.2) is 22.8 Å². The predicted molar refractivity (Wildman–Crippen MR) is 117 cm³/mol. The molecule has 11 heteroatoms. The zero-order chi connectivity index (χ0) is 23.9. The van der Waals surface area contributed by atoms with E-state index in [0.29, 0.717) is 18.7 Å². The van der Waals surface area contributed by atoms with Gasteiger partial charge in [-0.1, -0.05) is 32.0 Å². The van der Waals surface area contributed by atoms with Crippen molar-refractivity contribution in [1.29, 1.82) is 0 Å². The van der Waals surface area contributed by atoms with Gasteiger partial charge in [0.1, 0.15) is 0 Å². The Balaban J connectivity index is 0.000000954. The molecule has 0 aliphatic carbocycles. The molecule has 0 unspecified atom stereocenters. The van der Waals surface area contributed by atoms with Crippen molar-refractivity contribution in [3.05, 3.63) is 42.5 Å². The molecule has 0 radical (unpaired) electrons. The van der Waals surface area contributed by atoms with Crippen LogP contribution < -0.4 is 5.32 Å². The Kier molecular flexibility index (Phi) is 13.6. The monoisotopic (exact) mass is 457 g/mol. The predicted octanol–water partition coefficient (Wildman–Crippen LogP) is 1.16. The van der Waals surface area contributed by atoms with Crippen molar-refractivity contribution in [3.8, 4) is 0 Å². The minimum absolute atomic E-state index is 0.0863. The van der Waals surface area contributed by atoms with Gasteiger partial charge in [0.15, 0.2) is 9.84 Å². The molecular weight excluding hydrogens is 426 g/mol. The summed E-state index contributed by atoms with van der Waals surface area (Å²) in [5.41, 5.74) is 0. The number of amides is 2. The normalized spacial score (nSPS) is 11.0. The smallest absolute Gasteiger partial charge is 0.328 e. The minimum atomic E-state index is -3.36. The molecule has 0 fully saturated rings. The molecule has 10 nitrogen and oxygen atoms in total. The molecule has 0 saturated carbocycles. The number of hydrogen-bond donors (Lipinski definition) is 3. The Hall–Kier alpha value is -2.92. The van der Waals surface area contributed by atoms with E-state index in [4.69, 9.17) is 10.2 Å². The molecule has 0 aliphatic heterocycles. The van der Waals surface area contributed by atoms with Gasteiger partial charge in [-0.3, -0.25) is 0 Å². The number of sulfone groups is 1. The van der Waals surface area contributed by atoms with E-state index in [-0.39, 0.29) is 23.2 Å². The molecular formula is C20H31N3O7S. The number of carboxylic acid groups (broad SMARTS) is 2. The van der Waals surface area contributed by atoms with Crippen LogP contribution in [-0.2, 0) is 19.4 Å². The lowest BCUT2D eigenvalue weighted by Crippen LogP contribution is -2.42. The molecule has 0 heterocycles. The lowest BCUT2D eigenvalue weighted by molar-refractivity contribution is -0.134. The van der Waals surface area contributed by atoms with Gasteiger partial charge in [-0.05, 0) is 25.2 Å². The Morgan fingerprint density at radius 2 is 1.48 bits per heavy atom. The lowest BCUT2D eigenvalue weighted by atomic mass is 10.4. The number of hydrogen-bond acceptors (Lipinski definition) is 6. The third-order valence-electron chi connectivity index (χ3n) is 4.11. The van der Waals surface area contributed by atoms with Gasteiger partial charge in [0.05, 0.1) is 10.6 Å². The standard InChI is InChI=1S/C16H27N3O3S.C4H4O4/c1-4-19(5-2)12-11-17-16(20)18(3)13-14-23(21,22)15-9-7-6-8-10-15;5-3(6)1-2-4(7)8/h6-10H,4-5,11-14H2,1-3H3,(H,17,20);1-2H,(H,5,6)(H,7,8). The number of likely N-dealkylation sites (N-methyl/N-ethyl adjacent to an activating group) is 1. The Morgan fingerprint density at radius 3 is 1.94 bits per heavy atom. The first-order valence-corrected chi connectivity index (χ1v) is 11.3. The largest absolute Gasteiger partial charge is 0.478 e. The molecule has 1 aromatic carbocycles. The number of nitrogens with one attached hydrogen (secondary N) is 1. The van der Waals surface area contributed by atoms with E-state index in [9.17, 15) is 22.8 Å². The van der Waals surface area contributed by atoms with Crippen LogP contribution in [0.15, 0.2) is 47.4 Å². The summed E-state index contributed by atoms with van der Waals surface area (Å²) in [5.74, 6) is -2.60. The van der Waals surface area contributed by atoms with Gasteiger partial charge in [-0.2, -0.15) is 0 Å². The lowest BCUT2D eigenvalue weighted by Gasteiger charge is -2.21. The molecule has 0 saturated heterocycles. The first kappa shape index (κ1) is 28.1. The topological polar surface area (TPSA) is 144 Å². The fraction of sp³-hybridized carbons (Fsp3) is 0.450. The molecule has 1 rings (SSSR count). The molecule has 0 aromatic heterocycles. The second-order valence-corrected chi connectivity index (χ2v) is 8.43. The molecule has 0 bridgehead atoms.